The molecule has 0 atom stereocenters. The molecule has 0 aliphatic carbocycles. The molecule has 1 aliphatic heterocycles. The summed E-state index contributed by atoms with van der Waals surface area (Å²) < 4.78 is 10.6. The Morgan fingerprint density at radius 2 is 2.14 bits per heavy atom. The number of carbonyl (C=O) groups excluding carboxylic acids is 1. The second-order valence-electron chi connectivity index (χ2n) is 6.13. The molecule has 3 aromatic heterocycles. The Balaban J connectivity index is 1.25. The maximum atomic E-state index is 12.2. The monoisotopic (exact) mass is 400 g/mol. The molecule has 10 heteroatoms. The van der Waals surface area contributed by atoms with Crippen LogP contribution in [0.1, 0.15) is 10.5 Å². The van der Waals surface area contributed by atoms with Crippen LogP contribution in [0.4, 0.5) is 11.5 Å². The van der Waals surface area contributed by atoms with E-state index in [2.05, 4.69) is 30.9 Å². The van der Waals surface area contributed by atoms with E-state index in [1.807, 2.05) is 23.6 Å². The first-order valence-electron chi connectivity index (χ1n) is 8.98. The van der Waals surface area contributed by atoms with Crippen LogP contribution in [-0.2, 0) is 4.74 Å². The average Bonchev–Trinajstić information content (AvgIpc) is 3.44. The van der Waals surface area contributed by atoms with Crippen molar-refractivity contribution in [1.29, 1.82) is 0 Å². The zero-order valence-electron chi connectivity index (χ0n) is 15.1. The van der Waals surface area contributed by atoms with E-state index in [-0.39, 0.29) is 11.6 Å². The third-order valence-electron chi connectivity index (χ3n) is 4.24. The molecule has 28 heavy (non-hydrogen) atoms. The molecule has 0 saturated carbocycles. The minimum atomic E-state index is -0.276. The van der Waals surface area contributed by atoms with Gasteiger partial charge in [-0.15, -0.1) is 16.4 Å². The second kappa shape index (κ2) is 8.81. The number of amides is 1. The SMILES string of the molecule is O=C(NCCNc1cc(N2CCOCC2)cnn1)c1cc(-c2cccs2)on1. The molecular formula is C18H20N6O3S. The van der Waals surface area contributed by atoms with Crippen LogP contribution in [0.15, 0.2) is 40.4 Å². The third kappa shape index (κ3) is 4.46. The zero-order valence-corrected chi connectivity index (χ0v) is 15.9. The van der Waals surface area contributed by atoms with Crippen molar-refractivity contribution in [3.05, 3.63) is 41.5 Å². The van der Waals surface area contributed by atoms with Crippen LogP contribution in [0, 0.1) is 0 Å². The summed E-state index contributed by atoms with van der Waals surface area (Å²) in [5, 5.41) is 19.9. The van der Waals surface area contributed by atoms with Gasteiger partial charge in [0.25, 0.3) is 5.91 Å². The summed E-state index contributed by atoms with van der Waals surface area (Å²) in [4.78, 5) is 15.3. The van der Waals surface area contributed by atoms with Gasteiger partial charge >= 0.3 is 0 Å². The van der Waals surface area contributed by atoms with Crippen molar-refractivity contribution in [2.75, 3.05) is 49.6 Å². The molecule has 0 unspecified atom stereocenters. The number of carbonyl (C=O) groups is 1. The molecule has 4 rings (SSSR count). The van der Waals surface area contributed by atoms with Crippen molar-refractivity contribution >= 4 is 28.7 Å². The molecule has 1 fully saturated rings. The molecule has 9 nitrogen and oxygen atoms in total. The van der Waals surface area contributed by atoms with Gasteiger partial charge in [0.05, 0.1) is 30.0 Å². The normalized spacial score (nSPS) is 14.1. The van der Waals surface area contributed by atoms with E-state index >= 15 is 0 Å². The largest absolute Gasteiger partial charge is 0.378 e. The minimum absolute atomic E-state index is 0.262. The Kier molecular flexibility index (Phi) is 5.78. The van der Waals surface area contributed by atoms with Crippen LogP contribution in [0.25, 0.3) is 10.6 Å². The molecule has 1 saturated heterocycles. The lowest BCUT2D eigenvalue weighted by molar-refractivity contribution is 0.0946. The van der Waals surface area contributed by atoms with Crippen molar-refractivity contribution in [3.8, 4) is 10.6 Å². The van der Waals surface area contributed by atoms with Crippen molar-refractivity contribution in [2.45, 2.75) is 0 Å². The number of hydrogen-bond acceptors (Lipinski definition) is 9. The molecule has 146 valence electrons. The van der Waals surface area contributed by atoms with Gasteiger partial charge in [-0.3, -0.25) is 4.79 Å². The van der Waals surface area contributed by atoms with Crippen molar-refractivity contribution in [3.63, 3.8) is 0 Å². The summed E-state index contributed by atoms with van der Waals surface area (Å²) in [6.45, 7) is 4.05. The molecule has 4 heterocycles. The fourth-order valence-corrected chi connectivity index (χ4v) is 3.48. The third-order valence-corrected chi connectivity index (χ3v) is 5.12. The summed E-state index contributed by atoms with van der Waals surface area (Å²) in [7, 11) is 0. The lowest BCUT2D eigenvalue weighted by Crippen LogP contribution is -2.36. The fraction of sp³-hybridized carbons (Fsp3) is 0.333. The molecule has 0 spiro atoms. The fourth-order valence-electron chi connectivity index (χ4n) is 2.81. The van der Waals surface area contributed by atoms with E-state index in [1.165, 1.54) is 11.3 Å². The quantitative estimate of drug-likeness (QED) is 0.579. The first kappa shape index (κ1) is 18.4. The van der Waals surface area contributed by atoms with Crippen LogP contribution in [0.5, 0.6) is 0 Å². The Labute approximate surface area is 165 Å². The first-order chi connectivity index (χ1) is 13.8. The number of aromatic nitrogens is 3. The summed E-state index contributed by atoms with van der Waals surface area (Å²) in [6, 6.07) is 7.44. The van der Waals surface area contributed by atoms with E-state index in [4.69, 9.17) is 9.26 Å². The predicted molar refractivity (Wildman–Crippen MR) is 106 cm³/mol. The number of anilines is 2. The summed E-state index contributed by atoms with van der Waals surface area (Å²) in [5.74, 6) is 0.981. The number of hydrogen-bond donors (Lipinski definition) is 2. The maximum Gasteiger partial charge on any atom is 0.273 e. The Morgan fingerprint density at radius 1 is 1.25 bits per heavy atom. The lowest BCUT2D eigenvalue weighted by Gasteiger charge is -2.28. The topological polar surface area (TPSA) is 105 Å². The van der Waals surface area contributed by atoms with Crippen molar-refractivity contribution in [1.82, 2.24) is 20.7 Å². The molecule has 1 amide bonds. The summed E-state index contributed by atoms with van der Waals surface area (Å²) >= 11 is 1.53. The van der Waals surface area contributed by atoms with E-state index in [9.17, 15) is 4.79 Å². The van der Waals surface area contributed by atoms with E-state index in [0.29, 0.717) is 37.9 Å². The predicted octanol–water partition coefficient (Wildman–Crippen LogP) is 1.87. The van der Waals surface area contributed by atoms with Crippen LogP contribution in [0.2, 0.25) is 0 Å². The van der Waals surface area contributed by atoms with Gasteiger partial charge in [-0.2, -0.15) is 5.10 Å². The Hall–Kier alpha value is -2.98. The molecule has 1 aliphatic rings. The molecule has 0 aromatic carbocycles. The van der Waals surface area contributed by atoms with Crippen LogP contribution >= 0.6 is 11.3 Å². The standard InChI is InChI=1S/C18H20N6O3S/c25-18(14-11-15(27-23-14)16-2-1-9-28-16)20-4-3-19-17-10-13(12-21-22-17)24-5-7-26-8-6-24/h1-2,9-12H,3-8H2,(H,19,22)(H,20,25). The highest BCUT2D eigenvalue weighted by atomic mass is 32.1. The van der Waals surface area contributed by atoms with Crippen LogP contribution in [-0.4, -0.2) is 60.7 Å². The second-order valence-corrected chi connectivity index (χ2v) is 7.08. The minimum Gasteiger partial charge on any atom is -0.378 e. The van der Waals surface area contributed by atoms with Crippen LogP contribution < -0.4 is 15.5 Å². The number of nitrogens with one attached hydrogen (secondary N) is 2. The molecule has 2 N–H and O–H groups in total. The highest BCUT2D eigenvalue weighted by Gasteiger charge is 2.14. The van der Waals surface area contributed by atoms with Gasteiger partial charge in [-0.25, -0.2) is 0 Å². The molecule has 3 aromatic rings. The number of thiophene rings is 1. The number of rotatable bonds is 7. The van der Waals surface area contributed by atoms with Crippen LogP contribution in [0.3, 0.4) is 0 Å². The maximum absolute atomic E-state index is 12.2. The van der Waals surface area contributed by atoms with Crippen molar-refractivity contribution < 1.29 is 14.1 Å². The van der Waals surface area contributed by atoms with Gasteiger partial charge in [0.2, 0.25) is 0 Å². The first-order valence-corrected chi connectivity index (χ1v) is 9.85. The number of nitrogens with zero attached hydrogens (tertiary/aromatic N) is 4. The molecule has 0 radical (unpaired) electrons. The summed E-state index contributed by atoms with van der Waals surface area (Å²) in [5.41, 5.74) is 1.27. The van der Waals surface area contributed by atoms with Gasteiger partial charge in [0.1, 0.15) is 0 Å². The lowest BCUT2D eigenvalue weighted by atomic mass is 10.3. The van der Waals surface area contributed by atoms with E-state index in [1.54, 1.807) is 12.3 Å². The van der Waals surface area contributed by atoms with Gasteiger partial charge < -0.3 is 24.8 Å². The van der Waals surface area contributed by atoms with Gasteiger partial charge in [0.15, 0.2) is 17.3 Å². The molecular weight excluding hydrogens is 380 g/mol. The Morgan fingerprint density at radius 3 is 2.96 bits per heavy atom. The average molecular weight is 400 g/mol. The highest BCUT2D eigenvalue weighted by Crippen LogP contribution is 2.25. The zero-order chi connectivity index (χ0) is 19.2. The van der Waals surface area contributed by atoms with Gasteiger partial charge in [-0.1, -0.05) is 11.2 Å². The molecule has 0 bridgehead atoms. The number of ether oxygens (including phenoxy) is 1. The Bertz CT molecular complexity index is 908. The summed E-state index contributed by atoms with van der Waals surface area (Å²) in [6.07, 6.45) is 1.74. The highest BCUT2D eigenvalue weighted by molar-refractivity contribution is 7.13. The van der Waals surface area contributed by atoms with E-state index in [0.717, 1.165) is 23.7 Å². The van der Waals surface area contributed by atoms with Gasteiger partial charge in [-0.05, 0) is 11.4 Å². The smallest absolute Gasteiger partial charge is 0.273 e. The van der Waals surface area contributed by atoms with Crippen molar-refractivity contribution in [2.24, 2.45) is 0 Å². The number of morpholine rings is 1. The van der Waals surface area contributed by atoms with E-state index < -0.39 is 0 Å². The van der Waals surface area contributed by atoms with Gasteiger partial charge in [0, 0.05) is 38.3 Å².